The van der Waals surface area contributed by atoms with Gasteiger partial charge in [-0.05, 0) is 72.5 Å². The van der Waals surface area contributed by atoms with E-state index in [1.54, 1.807) is 0 Å². The van der Waals surface area contributed by atoms with Crippen LogP contribution in [0.4, 0.5) is 5.82 Å². The molecule has 4 heteroatoms. The largest absolute Gasteiger partial charge is 0.356 e. The molecule has 2 saturated carbocycles. The second-order valence-corrected chi connectivity index (χ2v) is 7.52. The molecule has 0 bridgehead atoms. The summed E-state index contributed by atoms with van der Waals surface area (Å²) in [5.41, 5.74) is 1.33. The molecule has 1 heterocycles. The van der Waals surface area contributed by atoms with Crippen molar-refractivity contribution >= 4 is 21.7 Å². The van der Waals surface area contributed by atoms with Crippen molar-refractivity contribution in [2.75, 3.05) is 24.5 Å². The first kappa shape index (κ1) is 15.3. The van der Waals surface area contributed by atoms with E-state index < -0.39 is 0 Å². The zero-order valence-electron chi connectivity index (χ0n) is 12.9. The molecule has 1 aromatic rings. The van der Waals surface area contributed by atoms with Gasteiger partial charge in [-0.3, -0.25) is 0 Å². The van der Waals surface area contributed by atoms with Gasteiger partial charge in [-0.1, -0.05) is 6.92 Å². The zero-order chi connectivity index (χ0) is 14.7. The number of nitrogens with zero attached hydrogens (tertiary/aromatic N) is 2. The van der Waals surface area contributed by atoms with Crippen LogP contribution < -0.4 is 10.2 Å². The minimum Gasteiger partial charge on any atom is -0.356 e. The lowest BCUT2D eigenvalue weighted by atomic mass is 10.2. The average molecular weight is 352 g/mol. The van der Waals surface area contributed by atoms with E-state index in [2.05, 4.69) is 39.1 Å². The van der Waals surface area contributed by atoms with Gasteiger partial charge in [0.1, 0.15) is 5.82 Å². The lowest BCUT2D eigenvalue weighted by Crippen LogP contribution is -2.30. The van der Waals surface area contributed by atoms with E-state index in [1.165, 1.54) is 56.6 Å². The molecular weight excluding hydrogens is 326 g/mol. The van der Waals surface area contributed by atoms with Crippen LogP contribution in [0.1, 0.15) is 44.6 Å². The van der Waals surface area contributed by atoms with Crippen LogP contribution in [0.2, 0.25) is 0 Å². The minimum atomic E-state index is 0.908. The lowest BCUT2D eigenvalue weighted by Gasteiger charge is -2.26. The van der Waals surface area contributed by atoms with Gasteiger partial charge >= 0.3 is 0 Å². The van der Waals surface area contributed by atoms with E-state index in [0.717, 1.165) is 29.4 Å². The summed E-state index contributed by atoms with van der Waals surface area (Å²) in [5.74, 6) is 3.02. The first-order valence-corrected chi connectivity index (χ1v) is 9.15. The Balaban J connectivity index is 1.74. The molecule has 1 N–H and O–H groups in total. The number of pyridine rings is 1. The molecule has 2 fully saturated rings. The van der Waals surface area contributed by atoms with Gasteiger partial charge in [0.15, 0.2) is 0 Å². The number of hydrogen-bond donors (Lipinski definition) is 1. The van der Waals surface area contributed by atoms with Crippen LogP contribution in [-0.4, -0.2) is 24.6 Å². The van der Waals surface area contributed by atoms with Gasteiger partial charge in [-0.15, -0.1) is 0 Å². The Morgan fingerprint density at radius 1 is 1.24 bits per heavy atom. The molecule has 0 unspecified atom stereocenters. The summed E-state index contributed by atoms with van der Waals surface area (Å²) in [6, 6.07) is 2.23. The maximum absolute atomic E-state index is 4.76. The molecule has 3 nitrogen and oxygen atoms in total. The van der Waals surface area contributed by atoms with Crippen LogP contribution in [-0.2, 0) is 6.54 Å². The van der Waals surface area contributed by atoms with Crippen molar-refractivity contribution in [3.8, 4) is 0 Å². The van der Waals surface area contributed by atoms with Crippen LogP contribution in [0.25, 0.3) is 0 Å². The van der Waals surface area contributed by atoms with Crippen molar-refractivity contribution in [3.63, 3.8) is 0 Å². The molecule has 0 saturated heterocycles. The smallest absolute Gasteiger partial charge is 0.133 e. The first-order valence-electron chi connectivity index (χ1n) is 8.36. The van der Waals surface area contributed by atoms with E-state index in [9.17, 15) is 0 Å². The maximum Gasteiger partial charge on any atom is 0.133 e. The summed E-state index contributed by atoms with van der Waals surface area (Å²) in [5, 5.41) is 3.52. The predicted molar refractivity (Wildman–Crippen MR) is 91.6 cm³/mol. The van der Waals surface area contributed by atoms with Gasteiger partial charge in [0.25, 0.3) is 0 Å². The van der Waals surface area contributed by atoms with Crippen molar-refractivity contribution in [2.24, 2.45) is 11.8 Å². The molecule has 1 aromatic heterocycles. The van der Waals surface area contributed by atoms with Crippen molar-refractivity contribution in [1.29, 1.82) is 0 Å². The van der Waals surface area contributed by atoms with E-state index in [4.69, 9.17) is 4.98 Å². The molecule has 2 aliphatic rings. The number of anilines is 1. The topological polar surface area (TPSA) is 28.2 Å². The van der Waals surface area contributed by atoms with E-state index in [0.29, 0.717) is 0 Å². The number of nitrogens with one attached hydrogen (secondary N) is 1. The van der Waals surface area contributed by atoms with E-state index in [-0.39, 0.29) is 0 Å². The average Bonchev–Trinajstić information content (AvgIpc) is 3.34. The summed E-state index contributed by atoms with van der Waals surface area (Å²) in [4.78, 5) is 7.32. The molecule has 0 amide bonds. The molecule has 116 valence electrons. The van der Waals surface area contributed by atoms with Crippen molar-refractivity contribution < 1.29 is 0 Å². The monoisotopic (exact) mass is 351 g/mol. The molecule has 2 aliphatic carbocycles. The van der Waals surface area contributed by atoms with Gasteiger partial charge in [0.2, 0.25) is 0 Å². The van der Waals surface area contributed by atoms with Crippen LogP contribution in [0.5, 0.6) is 0 Å². The van der Waals surface area contributed by atoms with Crippen LogP contribution in [0.3, 0.4) is 0 Å². The second kappa shape index (κ2) is 7.10. The van der Waals surface area contributed by atoms with Gasteiger partial charge in [0, 0.05) is 35.9 Å². The van der Waals surface area contributed by atoms with E-state index in [1.807, 2.05) is 6.20 Å². The summed E-state index contributed by atoms with van der Waals surface area (Å²) >= 11 is 3.57. The summed E-state index contributed by atoms with van der Waals surface area (Å²) < 4.78 is 1.08. The van der Waals surface area contributed by atoms with Crippen molar-refractivity contribution in [2.45, 2.75) is 45.6 Å². The number of hydrogen-bond acceptors (Lipinski definition) is 3. The predicted octanol–water partition coefficient (Wildman–Crippen LogP) is 3.97. The Morgan fingerprint density at radius 2 is 1.90 bits per heavy atom. The molecule has 0 aliphatic heterocycles. The minimum absolute atomic E-state index is 0.908. The van der Waals surface area contributed by atoms with Crippen LogP contribution in [0.15, 0.2) is 16.7 Å². The third-order valence-corrected chi connectivity index (χ3v) is 4.74. The Bertz CT molecular complexity index is 455. The third-order valence-electron chi connectivity index (χ3n) is 4.30. The fourth-order valence-electron chi connectivity index (χ4n) is 2.76. The van der Waals surface area contributed by atoms with Crippen molar-refractivity contribution in [1.82, 2.24) is 10.3 Å². The van der Waals surface area contributed by atoms with E-state index >= 15 is 0 Å². The molecule has 3 rings (SSSR count). The standard InChI is InChI=1S/C17H26BrN3/c1-2-7-19-9-15-8-16(18)10-20-17(15)21(11-13-3-4-13)12-14-5-6-14/h8,10,13-14,19H,2-7,9,11-12H2,1H3. The summed E-state index contributed by atoms with van der Waals surface area (Å²) in [6.07, 6.45) is 8.74. The molecular formula is C17H26BrN3. The summed E-state index contributed by atoms with van der Waals surface area (Å²) in [7, 11) is 0. The number of aromatic nitrogens is 1. The Morgan fingerprint density at radius 3 is 2.48 bits per heavy atom. The van der Waals surface area contributed by atoms with Crippen molar-refractivity contribution in [3.05, 3.63) is 22.3 Å². The number of halogens is 1. The lowest BCUT2D eigenvalue weighted by molar-refractivity contribution is 0.647. The van der Waals surface area contributed by atoms with Gasteiger partial charge in [0.05, 0.1) is 0 Å². The zero-order valence-corrected chi connectivity index (χ0v) is 14.5. The Labute approximate surface area is 136 Å². The fourth-order valence-corrected chi connectivity index (χ4v) is 3.14. The van der Waals surface area contributed by atoms with Crippen LogP contribution >= 0.6 is 15.9 Å². The Kier molecular flexibility index (Phi) is 5.17. The highest BCUT2D eigenvalue weighted by molar-refractivity contribution is 9.10. The maximum atomic E-state index is 4.76. The number of rotatable bonds is 9. The van der Waals surface area contributed by atoms with Crippen LogP contribution in [0, 0.1) is 11.8 Å². The highest BCUT2D eigenvalue weighted by Gasteiger charge is 2.30. The van der Waals surface area contributed by atoms with Gasteiger partial charge in [-0.25, -0.2) is 4.98 Å². The molecule has 0 aromatic carbocycles. The Hall–Kier alpha value is -0.610. The molecule has 0 spiro atoms. The SMILES string of the molecule is CCCNCc1cc(Br)cnc1N(CC1CC1)CC1CC1. The highest BCUT2D eigenvalue weighted by atomic mass is 79.9. The quantitative estimate of drug-likeness (QED) is 0.682. The first-order chi connectivity index (χ1) is 10.3. The molecule has 21 heavy (non-hydrogen) atoms. The fraction of sp³-hybridized carbons (Fsp3) is 0.706. The molecule has 0 radical (unpaired) electrons. The second-order valence-electron chi connectivity index (χ2n) is 6.60. The normalized spacial score (nSPS) is 18.0. The highest BCUT2D eigenvalue weighted by Crippen LogP contribution is 2.36. The molecule has 0 atom stereocenters. The third kappa shape index (κ3) is 4.68. The summed E-state index contributed by atoms with van der Waals surface area (Å²) in [6.45, 7) is 6.59. The van der Waals surface area contributed by atoms with Gasteiger partial charge in [-0.2, -0.15) is 0 Å². The van der Waals surface area contributed by atoms with Gasteiger partial charge < -0.3 is 10.2 Å².